The van der Waals surface area contributed by atoms with Gasteiger partial charge in [-0.15, -0.1) is 0 Å². The van der Waals surface area contributed by atoms with E-state index >= 15 is 0 Å². The molecule has 0 spiro atoms. The maximum atomic E-state index is 10.4. The fourth-order valence-corrected chi connectivity index (χ4v) is 3.23. The van der Waals surface area contributed by atoms with Crippen LogP contribution in [-0.4, -0.2) is 11.2 Å². The number of aliphatic hydroxyl groups is 1. The second kappa shape index (κ2) is 3.79. The van der Waals surface area contributed by atoms with Crippen LogP contribution in [0.3, 0.4) is 0 Å². The van der Waals surface area contributed by atoms with Gasteiger partial charge in [-0.3, -0.25) is 0 Å². The Labute approximate surface area is 91.9 Å². The standard InChI is InChI=1S/C14H20O/c15-14(10-5-2-1-3-6-10)12-8-4-7-11-9-13(11)12/h5,8,11,13-15H,1-4,6-7,9H2. The van der Waals surface area contributed by atoms with Crippen molar-refractivity contribution in [1.82, 2.24) is 0 Å². The Kier molecular flexibility index (Phi) is 2.44. The van der Waals surface area contributed by atoms with Gasteiger partial charge in [0.15, 0.2) is 0 Å². The first kappa shape index (κ1) is 9.65. The molecule has 1 heteroatoms. The van der Waals surface area contributed by atoms with Gasteiger partial charge in [0.1, 0.15) is 0 Å². The number of aliphatic hydroxyl groups excluding tert-OH is 1. The molecule has 0 aromatic heterocycles. The summed E-state index contributed by atoms with van der Waals surface area (Å²) in [7, 11) is 0. The molecule has 1 N–H and O–H groups in total. The highest BCUT2D eigenvalue weighted by Crippen LogP contribution is 2.52. The first-order chi connectivity index (χ1) is 7.36. The Morgan fingerprint density at radius 3 is 2.93 bits per heavy atom. The molecule has 0 aromatic carbocycles. The van der Waals surface area contributed by atoms with Gasteiger partial charge in [0.2, 0.25) is 0 Å². The smallest absolute Gasteiger partial charge is 0.0963 e. The lowest BCUT2D eigenvalue weighted by Gasteiger charge is -2.23. The minimum absolute atomic E-state index is 0.222. The highest BCUT2D eigenvalue weighted by atomic mass is 16.3. The largest absolute Gasteiger partial charge is 0.384 e. The van der Waals surface area contributed by atoms with Gasteiger partial charge < -0.3 is 5.11 Å². The molecule has 0 aliphatic heterocycles. The van der Waals surface area contributed by atoms with E-state index in [9.17, 15) is 5.11 Å². The molecule has 0 heterocycles. The molecule has 3 aliphatic carbocycles. The van der Waals surface area contributed by atoms with Crippen molar-refractivity contribution in [1.29, 1.82) is 0 Å². The molecule has 0 saturated heterocycles. The van der Waals surface area contributed by atoms with E-state index < -0.39 is 0 Å². The van der Waals surface area contributed by atoms with Crippen LogP contribution in [0.2, 0.25) is 0 Å². The molecule has 1 nitrogen and oxygen atoms in total. The van der Waals surface area contributed by atoms with Gasteiger partial charge >= 0.3 is 0 Å². The van der Waals surface area contributed by atoms with Crippen molar-refractivity contribution >= 4 is 0 Å². The average molecular weight is 204 g/mol. The summed E-state index contributed by atoms with van der Waals surface area (Å²) >= 11 is 0. The van der Waals surface area contributed by atoms with E-state index in [-0.39, 0.29) is 6.10 Å². The fraction of sp³-hybridized carbons (Fsp3) is 0.714. The minimum Gasteiger partial charge on any atom is -0.384 e. The van der Waals surface area contributed by atoms with E-state index in [1.807, 2.05) is 0 Å². The van der Waals surface area contributed by atoms with Crippen molar-refractivity contribution in [2.45, 2.75) is 51.0 Å². The SMILES string of the molecule is OC(C1=CCCCC1)C1=CCCC2CC12. The molecular weight excluding hydrogens is 184 g/mol. The molecule has 3 rings (SSSR count). The van der Waals surface area contributed by atoms with Gasteiger partial charge in [0.25, 0.3) is 0 Å². The molecule has 0 radical (unpaired) electrons. The zero-order valence-corrected chi connectivity index (χ0v) is 9.28. The van der Waals surface area contributed by atoms with Gasteiger partial charge in [-0.1, -0.05) is 12.2 Å². The van der Waals surface area contributed by atoms with E-state index in [4.69, 9.17) is 0 Å². The maximum absolute atomic E-state index is 10.4. The predicted molar refractivity (Wildman–Crippen MR) is 61.5 cm³/mol. The summed E-state index contributed by atoms with van der Waals surface area (Å²) < 4.78 is 0. The van der Waals surface area contributed by atoms with Crippen LogP contribution in [0.5, 0.6) is 0 Å². The molecule has 3 unspecified atom stereocenters. The Bertz CT molecular complexity index is 313. The molecule has 1 saturated carbocycles. The van der Waals surface area contributed by atoms with Gasteiger partial charge in [-0.05, 0) is 67.9 Å². The van der Waals surface area contributed by atoms with Crippen LogP contribution in [0, 0.1) is 11.8 Å². The van der Waals surface area contributed by atoms with E-state index in [1.54, 1.807) is 0 Å². The lowest BCUT2D eigenvalue weighted by atomic mass is 9.87. The van der Waals surface area contributed by atoms with Crippen molar-refractivity contribution in [3.63, 3.8) is 0 Å². The van der Waals surface area contributed by atoms with Crippen LogP contribution in [-0.2, 0) is 0 Å². The Morgan fingerprint density at radius 1 is 1.20 bits per heavy atom. The summed E-state index contributed by atoms with van der Waals surface area (Å²) in [5, 5.41) is 10.4. The van der Waals surface area contributed by atoms with Gasteiger partial charge in [0, 0.05) is 0 Å². The Balaban J connectivity index is 1.75. The number of hydrogen-bond donors (Lipinski definition) is 1. The second-order valence-electron chi connectivity index (χ2n) is 5.31. The number of allylic oxidation sites excluding steroid dienone is 2. The molecule has 15 heavy (non-hydrogen) atoms. The van der Waals surface area contributed by atoms with Crippen molar-refractivity contribution in [3.05, 3.63) is 23.3 Å². The third-order valence-corrected chi connectivity index (χ3v) is 4.26. The van der Waals surface area contributed by atoms with Crippen molar-refractivity contribution in [3.8, 4) is 0 Å². The Hall–Kier alpha value is -0.560. The molecule has 0 aromatic rings. The van der Waals surface area contributed by atoms with Crippen LogP contribution in [0.15, 0.2) is 23.3 Å². The van der Waals surface area contributed by atoms with E-state index in [1.165, 1.54) is 49.7 Å². The summed E-state index contributed by atoms with van der Waals surface area (Å²) in [5.74, 6) is 1.67. The molecule has 0 bridgehead atoms. The van der Waals surface area contributed by atoms with Crippen molar-refractivity contribution < 1.29 is 5.11 Å². The number of hydrogen-bond acceptors (Lipinski definition) is 1. The third-order valence-electron chi connectivity index (χ3n) is 4.26. The lowest BCUT2D eigenvalue weighted by Crippen LogP contribution is -2.18. The lowest BCUT2D eigenvalue weighted by molar-refractivity contribution is 0.229. The summed E-state index contributed by atoms with van der Waals surface area (Å²) in [6.07, 6.45) is 13.1. The highest BCUT2D eigenvalue weighted by Gasteiger charge is 2.43. The first-order valence-corrected chi connectivity index (χ1v) is 6.43. The molecular formula is C14H20O. The topological polar surface area (TPSA) is 20.2 Å². The summed E-state index contributed by atoms with van der Waals surface area (Å²) in [6, 6.07) is 0. The van der Waals surface area contributed by atoms with Crippen molar-refractivity contribution in [2.24, 2.45) is 11.8 Å². The Morgan fingerprint density at radius 2 is 2.13 bits per heavy atom. The molecule has 3 atom stereocenters. The van der Waals surface area contributed by atoms with Gasteiger partial charge in [-0.25, -0.2) is 0 Å². The monoisotopic (exact) mass is 204 g/mol. The zero-order chi connectivity index (χ0) is 10.3. The average Bonchev–Trinajstić information content (AvgIpc) is 3.08. The maximum Gasteiger partial charge on any atom is 0.0963 e. The van der Waals surface area contributed by atoms with Crippen LogP contribution in [0.4, 0.5) is 0 Å². The molecule has 3 aliphatic rings. The van der Waals surface area contributed by atoms with Gasteiger partial charge in [-0.2, -0.15) is 0 Å². The van der Waals surface area contributed by atoms with Crippen LogP contribution < -0.4 is 0 Å². The fourth-order valence-electron chi connectivity index (χ4n) is 3.23. The predicted octanol–water partition coefficient (Wildman–Crippen LogP) is 3.20. The van der Waals surface area contributed by atoms with Crippen molar-refractivity contribution in [2.75, 3.05) is 0 Å². The zero-order valence-electron chi connectivity index (χ0n) is 9.28. The van der Waals surface area contributed by atoms with Gasteiger partial charge in [0.05, 0.1) is 6.10 Å². The van der Waals surface area contributed by atoms with Crippen LogP contribution in [0.1, 0.15) is 44.9 Å². The number of rotatable bonds is 2. The van der Waals surface area contributed by atoms with E-state index in [0.29, 0.717) is 0 Å². The van der Waals surface area contributed by atoms with E-state index in [0.717, 1.165) is 18.3 Å². The third kappa shape index (κ3) is 1.78. The number of fused-ring (bicyclic) bond motifs is 1. The van der Waals surface area contributed by atoms with E-state index in [2.05, 4.69) is 12.2 Å². The van der Waals surface area contributed by atoms with Crippen LogP contribution in [0.25, 0.3) is 0 Å². The highest BCUT2D eigenvalue weighted by molar-refractivity contribution is 5.31. The molecule has 82 valence electrons. The normalized spacial score (nSPS) is 36.3. The minimum atomic E-state index is -0.222. The summed E-state index contributed by atoms with van der Waals surface area (Å²) in [6.45, 7) is 0. The molecule has 1 fully saturated rings. The summed E-state index contributed by atoms with van der Waals surface area (Å²) in [4.78, 5) is 0. The van der Waals surface area contributed by atoms with Crippen LogP contribution >= 0.6 is 0 Å². The first-order valence-electron chi connectivity index (χ1n) is 6.43. The quantitative estimate of drug-likeness (QED) is 0.685. The molecule has 0 amide bonds. The summed E-state index contributed by atoms with van der Waals surface area (Å²) in [5.41, 5.74) is 2.67. The second-order valence-corrected chi connectivity index (χ2v) is 5.31.